The highest BCUT2D eigenvalue weighted by Crippen LogP contribution is 2.11. The van der Waals surface area contributed by atoms with Crippen LogP contribution in [0.5, 0.6) is 0 Å². The predicted molar refractivity (Wildman–Crippen MR) is 89.3 cm³/mol. The number of amides is 3. The van der Waals surface area contributed by atoms with Crippen molar-refractivity contribution >= 4 is 17.6 Å². The molecule has 0 aliphatic rings. The fourth-order valence-electron chi connectivity index (χ4n) is 1.88. The Morgan fingerprint density at radius 1 is 1.17 bits per heavy atom. The Kier molecular flexibility index (Phi) is 5.30. The third-order valence-electron chi connectivity index (χ3n) is 3.21. The van der Waals surface area contributed by atoms with Gasteiger partial charge >= 0.3 is 6.03 Å². The molecule has 0 saturated carbocycles. The summed E-state index contributed by atoms with van der Waals surface area (Å²) in [6.07, 6.45) is 1.55. The first kappa shape index (κ1) is 16.5. The minimum absolute atomic E-state index is 0.180. The molecule has 0 bridgehead atoms. The third kappa shape index (κ3) is 4.81. The van der Waals surface area contributed by atoms with Crippen LogP contribution in [0.15, 0.2) is 42.6 Å². The van der Waals surface area contributed by atoms with Gasteiger partial charge in [0.25, 0.3) is 5.91 Å². The summed E-state index contributed by atoms with van der Waals surface area (Å²) >= 11 is 0. The second-order valence-corrected chi connectivity index (χ2v) is 5.40. The Bertz CT molecular complexity index is 696. The van der Waals surface area contributed by atoms with Crippen LogP contribution < -0.4 is 10.6 Å². The minimum Gasteiger partial charge on any atom is -0.348 e. The van der Waals surface area contributed by atoms with Gasteiger partial charge in [0, 0.05) is 38.2 Å². The van der Waals surface area contributed by atoms with E-state index in [-0.39, 0.29) is 11.9 Å². The van der Waals surface area contributed by atoms with Crippen molar-refractivity contribution in [3.05, 3.63) is 59.4 Å². The average molecular weight is 312 g/mol. The van der Waals surface area contributed by atoms with Gasteiger partial charge in [-0.1, -0.05) is 12.1 Å². The maximum atomic E-state index is 12.1. The molecule has 1 heterocycles. The Morgan fingerprint density at radius 3 is 2.61 bits per heavy atom. The molecule has 0 atom stereocenters. The maximum Gasteiger partial charge on any atom is 0.321 e. The Labute approximate surface area is 135 Å². The summed E-state index contributed by atoms with van der Waals surface area (Å²) in [7, 11) is 3.35. The van der Waals surface area contributed by atoms with Crippen LogP contribution >= 0.6 is 0 Å². The van der Waals surface area contributed by atoms with Crippen LogP contribution in [0.2, 0.25) is 0 Å². The summed E-state index contributed by atoms with van der Waals surface area (Å²) in [6.45, 7) is 2.24. The number of carbonyl (C=O) groups is 2. The van der Waals surface area contributed by atoms with E-state index in [1.165, 1.54) is 4.90 Å². The van der Waals surface area contributed by atoms with Crippen molar-refractivity contribution in [2.75, 3.05) is 19.4 Å². The van der Waals surface area contributed by atoms with E-state index in [2.05, 4.69) is 15.6 Å². The standard InChI is InChI=1S/C17H20N4O2/c1-12-7-8-14(11-18-12)16(22)19-10-13-5-4-6-15(9-13)20-17(23)21(2)3/h4-9,11H,10H2,1-3H3,(H,19,22)(H,20,23). The van der Waals surface area contributed by atoms with E-state index in [1.807, 2.05) is 25.1 Å². The predicted octanol–water partition coefficient (Wildman–Crippen LogP) is 2.41. The molecule has 0 spiro atoms. The second kappa shape index (κ2) is 7.40. The normalized spacial score (nSPS) is 10.0. The quantitative estimate of drug-likeness (QED) is 0.910. The lowest BCUT2D eigenvalue weighted by Crippen LogP contribution is -2.27. The van der Waals surface area contributed by atoms with Gasteiger partial charge < -0.3 is 15.5 Å². The molecule has 23 heavy (non-hydrogen) atoms. The number of hydrogen-bond donors (Lipinski definition) is 2. The molecule has 0 aliphatic heterocycles. The van der Waals surface area contributed by atoms with Gasteiger partial charge in [-0.3, -0.25) is 9.78 Å². The molecule has 0 saturated heterocycles. The van der Waals surface area contributed by atoms with Crippen LogP contribution in [0.3, 0.4) is 0 Å². The lowest BCUT2D eigenvalue weighted by molar-refractivity contribution is 0.0950. The van der Waals surface area contributed by atoms with Crippen LogP contribution in [0.25, 0.3) is 0 Å². The highest BCUT2D eigenvalue weighted by atomic mass is 16.2. The number of rotatable bonds is 4. The van der Waals surface area contributed by atoms with Gasteiger partial charge in [0.05, 0.1) is 5.56 Å². The lowest BCUT2D eigenvalue weighted by atomic mass is 10.2. The SMILES string of the molecule is Cc1ccc(C(=O)NCc2cccc(NC(=O)N(C)C)c2)cn1. The number of benzene rings is 1. The molecule has 3 amide bonds. The molecule has 0 unspecified atom stereocenters. The average Bonchev–Trinajstić information content (AvgIpc) is 2.53. The summed E-state index contributed by atoms with van der Waals surface area (Å²) in [4.78, 5) is 29.3. The summed E-state index contributed by atoms with van der Waals surface area (Å²) in [5, 5.41) is 5.61. The van der Waals surface area contributed by atoms with Crippen LogP contribution in [0.1, 0.15) is 21.6 Å². The largest absolute Gasteiger partial charge is 0.348 e. The monoisotopic (exact) mass is 312 g/mol. The number of urea groups is 1. The molecule has 2 N–H and O–H groups in total. The zero-order valence-corrected chi connectivity index (χ0v) is 13.5. The highest BCUT2D eigenvalue weighted by Gasteiger charge is 2.07. The molecule has 0 fully saturated rings. The number of pyridine rings is 1. The van der Waals surface area contributed by atoms with Crippen LogP contribution in [-0.4, -0.2) is 35.9 Å². The molecular weight excluding hydrogens is 292 g/mol. The molecule has 1 aromatic heterocycles. The van der Waals surface area contributed by atoms with Crippen molar-refractivity contribution in [1.82, 2.24) is 15.2 Å². The maximum absolute atomic E-state index is 12.1. The molecule has 0 radical (unpaired) electrons. The first-order chi connectivity index (χ1) is 11.0. The Balaban J connectivity index is 1.96. The fraction of sp³-hybridized carbons (Fsp3) is 0.235. The number of hydrogen-bond acceptors (Lipinski definition) is 3. The van der Waals surface area contributed by atoms with Gasteiger partial charge in [0.1, 0.15) is 0 Å². The van der Waals surface area contributed by atoms with Crippen molar-refractivity contribution in [2.24, 2.45) is 0 Å². The fourth-order valence-corrected chi connectivity index (χ4v) is 1.88. The molecule has 6 heteroatoms. The topological polar surface area (TPSA) is 74.3 Å². The van der Waals surface area contributed by atoms with Crippen molar-refractivity contribution in [3.8, 4) is 0 Å². The molecular formula is C17H20N4O2. The van der Waals surface area contributed by atoms with E-state index < -0.39 is 0 Å². The van der Waals surface area contributed by atoms with Crippen LogP contribution in [-0.2, 0) is 6.54 Å². The Morgan fingerprint density at radius 2 is 1.96 bits per heavy atom. The molecule has 2 rings (SSSR count). The molecule has 2 aromatic rings. The number of aromatic nitrogens is 1. The van der Waals surface area contributed by atoms with Crippen LogP contribution in [0.4, 0.5) is 10.5 Å². The van der Waals surface area contributed by atoms with Gasteiger partial charge in [-0.2, -0.15) is 0 Å². The summed E-state index contributed by atoms with van der Waals surface area (Å²) in [5.41, 5.74) is 2.97. The van der Waals surface area contributed by atoms with E-state index in [4.69, 9.17) is 0 Å². The Hall–Kier alpha value is -2.89. The first-order valence-corrected chi connectivity index (χ1v) is 7.24. The van der Waals surface area contributed by atoms with Gasteiger partial charge in [-0.25, -0.2) is 4.79 Å². The minimum atomic E-state index is -0.197. The zero-order chi connectivity index (χ0) is 16.8. The summed E-state index contributed by atoms with van der Waals surface area (Å²) < 4.78 is 0. The van der Waals surface area contributed by atoms with E-state index in [9.17, 15) is 9.59 Å². The van der Waals surface area contributed by atoms with Gasteiger partial charge in [0.2, 0.25) is 0 Å². The molecule has 0 aliphatic carbocycles. The number of nitrogens with one attached hydrogen (secondary N) is 2. The van der Waals surface area contributed by atoms with E-state index >= 15 is 0 Å². The zero-order valence-electron chi connectivity index (χ0n) is 13.5. The second-order valence-electron chi connectivity index (χ2n) is 5.40. The third-order valence-corrected chi connectivity index (χ3v) is 3.21. The van der Waals surface area contributed by atoms with E-state index in [0.717, 1.165) is 11.3 Å². The van der Waals surface area contributed by atoms with Crippen molar-refractivity contribution in [3.63, 3.8) is 0 Å². The van der Waals surface area contributed by atoms with Gasteiger partial charge in [-0.15, -0.1) is 0 Å². The number of aryl methyl sites for hydroxylation is 1. The number of carbonyl (C=O) groups excluding carboxylic acids is 2. The summed E-state index contributed by atoms with van der Waals surface area (Å²) in [6, 6.07) is 10.7. The van der Waals surface area contributed by atoms with Crippen molar-refractivity contribution in [1.29, 1.82) is 0 Å². The molecule has 6 nitrogen and oxygen atoms in total. The lowest BCUT2D eigenvalue weighted by Gasteiger charge is -2.13. The number of anilines is 1. The van der Waals surface area contributed by atoms with Crippen molar-refractivity contribution < 1.29 is 9.59 Å². The number of nitrogens with zero attached hydrogens (tertiary/aromatic N) is 2. The molecule has 1 aromatic carbocycles. The van der Waals surface area contributed by atoms with Gasteiger partial charge in [-0.05, 0) is 36.8 Å². The smallest absolute Gasteiger partial charge is 0.321 e. The van der Waals surface area contributed by atoms with Gasteiger partial charge in [0.15, 0.2) is 0 Å². The molecule has 120 valence electrons. The van der Waals surface area contributed by atoms with Crippen molar-refractivity contribution in [2.45, 2.75) is 13.5 Å². The summed E-state index contributed by atoms with van der Waals surface area (Å²) in [5.74, 6) is -0.180. The van der Waals surface area contributed by atoms with E-state index in [1.54, 1.807) is 38.5 Å². The van der Waals surface area contributed by atoms with E-state index in [0.29, 0.717) is 17.8 Å². The highest BCUT2D eigenvalue weighted by molar-refractivity contribution is 5.93. The van der Waals surface area contributed by atoms with Crippen LogP contribution in [0, 0.1) is 6.92 Å². The first-order valence-electron chi connectivity index (χ1n) is 7.24.